The van der Waals surface area contributed by atoms with Gasteiger partial charge in [0.05, 0.1) is 6.61 Å². The molecular weight excluding hydrogens is 197 g/mol. The van der Waals surface area contributed by atoms with Crippen molar-refractivity contribution in [2.24, 2.45) is 5.73 Å². The molecule has 2 N–H and O–H groups in total. The predicted octanol–water partition coefficient (Wildman–Crippen LogP) is 2.06. The third kappa shape index (κ3) is 4.44. The zero-order valence-corrected chi connectivity index (χ0v) is 8.28. The van der Waals surface area contributed by atoms with Crippen LogP contribution >= 0.6 is 0 Å². The number of primary amides is 1. The van der Waals surface area contributed by atoms with Crippen molar-refractivity contribution in [3.8, 4) is 0 Å². The topological polar surface area (TPSA) is 52.3 Å². The van der Waals surface area contributed by atoms with Gasteiger partial charge in [-0.15, -0.1) is 0 Å². The molecule has 0 aromatic heterocycles. The number of hydrogen-bond donors (Lipinski definition) is 1. The van der Waals surface area contributed by atoms with Crippen LogP contribution in [0.3, 0.4) is 0 Å². The van der Waals surface area contributed by atoms with Crippen LogP contribution in [0, 0.1) is 12.2 Å². The molecule has 0 fully saturated rings. The molecule has 1 aromatic rings. The van der Waals surface area contributed by atoms with Crippen molar-refractivity contribution in [3.63, 3.8) is 0 Å². The summed E-state index contributed by atoms with van der Waals surface area (Å²) in [5, 5.41) is 0. The Morgan fingerprint density at radius 1 is 1.47 bits per heavy atom. The van der Waals surface area contributed by atoms with E-state index in [0.717, 1.165) is 0 Å². The van der Waals surface area contributed by atoms with E-state index in [4.69, 9.17) is 5.73 Å². The Morgan fingerprint density at radius 3 is 2.87 bits per heavy atom. The lowest BCUT2D eigenvalue weighted by Gasteiger charge is -2.02. The first-order valence-electron chi connectivity index (χ1n) is 4.67. The van der Waals surface area contributed by atoms with E-state index in [-0.39, 0.29) is 12.4 Å². The minimum atomic E-state index is -0.783. The summed E-state index contributed by atoms with van der Waals surface area (Å²) >= 11 is 0. The molecule has 0 spiro atoms. The Labute approximate surface area is 88.0 Å². The summed E-state index contributed by atoms with van der Waals surface area (Å²) in [4.78, 5) is 10.2. The molecule has 0 saturated carbocycles. The summed E-state index contributed by atoms with van der Waals surface area (Å²) in [6.07, 6.45) is 2.15. The van der Waals surface area contributed by atoms with Crippen molar-refractivity contribution >= 4 is 6.09 Å². The van der Waals surface area contributed by atoms with Crippen molar-refractivity contribution in [3.05, 3.63) is 42.1 Å². The van der Waals surface area contributed by atoms with Crippen LogP contribution in [0.25, 0.3) is 0 Å². The second-order valence-electron chi connectivity index (χ2n) is 3.04. The van der Waals surface area contributed by atoms with E-state index >= 15 is 0 Å². The number of ether oxygens (including phenoxy) is 1. The standard InChI is InChI=1S/C11H13FNO2/c12-10-7-2-1-5-9(10)6-3-4-8-15-11(13)14/h1-3,5,7H,4,6,8H2,(H2,13,14). The Balaban J connectivity index is 2.21. The van der Waals surface area contributed by atoms with Crippen molar-refractivity contribution in [2.45, 2.75) is 12.8 Å². The fourth-order valence-electron chi connectivity index (χ4n) is 1.16. The first-order valence-corrected chi connectivity index (χ1v) is 4.67. The van der Waals surface area contributed by atoms with E-state index in [1.807, 2.05) is 6.42 Å². The summed E-state index contributed by atoms with van der Waals surface area (Å²) in [7, 11) is 0. The molecule has 81 valence electrons. The largest absolute Gasteiger partial charge is 0.450 e. The highest BCUT2D eigenvalue weighted by Gasteiger charge is 2.00. The third-order valence-electron chi connectivity index (χ3n) is 1.89. The van der Waals surface area contributed by atoms with Gasteiger partial charge in [-0.2, -0.15) is 0 Å². The molecule has 1 aromatic carbocycles. The zero-order chi connectivity index (χ0) is 11.1. The van der Waals surface area contributed by atoms with Gasteiger partial charge >= 0.3 is 6.09 Å². The molecule has 0 aliphatic heterocycles. The van der Waals surface area contributed by atoms with Gasteiger partial charge in [0.1, 0.15) is 5.82 Å². The van der Waals surface area contributed by atoms with Gasteiger partial charge in [-0.05, 0) is 30.9 Å². The fraction of sp³-hybridized carbons (Fsp3) is 0.273. The molecule has 0 saturated heterocycles. The molecule has 1 rings (SSSR count). The highest BCUT2D eigenvalue weighted by atomic mass is 19.1. The predicted molar refractivity (Wildman–Crippen MR) is 54.6 cm³/mol. The van der Waals surface area contributed by atoms with Crippen molar-refractivity contribution in [1.82, 2.24) is 0 Å². The molecule has 15 heavy (non-hydrogen) atoms. The number of carbonyl (C=O) groups is 1. The Morgan fingerprint density at radius 2 is 2.20 bits per heavy atom. The second-order valence-corrected chi connectivity index (χ2v) is 3.04. The molecular formula is C11H13FNO2. The number of nitrogens with two attached hydrogens (primary N) is 1. The summed E-state index contributed by atoms with van der Waals surface area (Å²) in [5.74, 6) is -0.218. The van der Waals surface area contributed by atoms with Gasteiger partial charge in [-0.3, -0.25) is 0 Å². The maximum absolute atomic E-state index is 13.1. The first-order chi connectivity index (χ1) is 7.20. The van der Waals surface area contributed by atoms with Crippen molar-refractivity contribution in [2.75, 3.05) is 6.61 Å². The molecule has 1 radical (unpaired) electrons. The number of rotatable bonds is 5. The zero-order valence-electron chi connectivity index (χ0n) is 8.28. The van der Waals surface area contributed by atoms with E-state index in [2.05, 4.69) is 4.74 Å². The van der Waals surface area contributed by atoms with Gasteiger partial charge in [0.25, 0.3) is 0 Å². The Hall–Kier alpha value is -1.58. The van der Waals surface area contributed by atoms with Crippen LogP contribution in [0.1, 0.15) is 12.0 Å². The SMILES string of the molecule is NC(=O)OCC[CH]Cc1ccccc1F. The molecule has 0 unspecified atom stereocenters. The summed E-state index contributed by atoms with van der Waals surface area (Å²) in [6.45, 7) is 0.240. The summed E-state index contributed by atoms with van der Waals surface area (Å²) in [6, 6.07) is 6.57. The Kier molecular flexibility index (Phi) is 4.60. The average Bonchev–Trinajstić information content (AvgIpc) is 2.20. The molecule has 0 aliphatic rings. The van der Waals surface area contributed by atoms with Gasteiger partial charge in [0.2, 0.25) is 0 Å². The maximum Gasteiger partial charge on any atom is 0.404 e. The van der Waals surface area contributed by atoms with Crippen LogP contribution in [0.2, 0.25) is 0 Å². The number of carbonyl (C=O) groups excluding carboxylic acids is 1. The van der Waals surface area contributed by atoms with Crippen molar-refractivity contribution < 1.29 is 13.9 Å². The van der Waals surface area contributed by atoms with Gasteiger partial charge in [-0.1, -0.05) is 18.2 Å². The van der Waals surface area contributed by atoms with Gasteiger partial charge < -0.3 is 10.5 Å². The van der Waals surface area contributed by atoms with Gasteiger partial charge in [-0.25, -0.2) is 9.18 Å². The molecule has 0 atom stereocenters. The summed E-state index contributed by atoms with van der Waals surface area (Å²) < 4.78 is 17.6. The highest BCUT2D eigenvalue weighted by molar-refractivity contribution is 5.64. The smallest absolute Gasteiger partial charge is 0.404 e. The first kappa shape index (κ1) is 11.5. The number of benzene rings is 1. The van der Waals surface area contributed by atoms with Crippen LogP contribution in [0.5, 0.6) is 0 Å². The third-order valence-corrected chi connectivity index (χ3v) is 1.89. The van der Waals surface area contributed by atoms with Gasteiger partial charge in [0.15, 0.2) is 0 Å². The molecule has 0 bridgehead atoms. The van der Waals surface area contributed by atoms with Crippen molar-refractivity contribution in [1.29, 1.82) is 0 Å². The Bertz CT molecular complexity index is 328. The summed E-state index contributed by atoms with van der Waals surface area (Å²) in [5.41, 5.74) is 5.41. The quantitative estimate of drug-likeness (QED) is 0.756. The van der Waals surface area contributed by atoms with E-state index in [1.54, 1.807) is 18.2 Å². The molecule has 0 heterocycles. The van der Waals surface area contributed by atoms with E-state index in [0.29, 0.717) is 18.4 Å². The van der Waals surface area contributed by atoms with Crippen LogP contribution in [0.4, 0.5) is 9.18 Å². The average molecular weight is 210 g/mol. The van der Waals surface area contributed by atoms with Crippen LogP contribution in [-0.2, 0) is 11.2 Å². The van der Waals surface area contributed by atoms with Crippen LogP contribution in [0.15, 0.2) is 24.3 Å². The molecule has 1 amide bonds. The lowest BCUT2D eigenvalue weighted by atomic mass is 10.1. The normalized spacial score (nSPS) is 9.93. The molecule has 3 nitrogen and oxygen atoms in total. The lowest BCUT2D eigenvalue weighted by molar-refractivity contribution is 0.157. The monoisotopic (exact) mass is 210 g/mol. The highest BCUT2D eigenvalue weighted by Crippen LogP contribution is 2.09. The number of hydrogen-bond acceptors (Lipinski definition) is 2. The minimum absolute atomic E-state index is 0.218. The minimum Gasteiger partial charge on any atom is -0.450 e. The van der Waals surface area contributed by atoms with E-state index < -0.39 is 6.09 Å². The second kappa shape index (κ2) is 6.01. The number of unbranched alkanes of at least 4 members (excludes halogenated alkanes) is 1. The molecule has 4 heteroatoms. The maximum atomic E-state index is 13.1. The number of amides is 1. The lowest BCUT2D eigenvalue weighted by Crippen LogP contribution is -2.13. The van der Waals surface area contributed by atoms with E-state index in [1.165, 1.54) is 6.07 Å². The van der Waals surface area contributed by atoms with Crippen LogP contribution < -0.4 is 5.73 Å². The fourth-order valence-corrected chi connectivity index (χ4v) is 1.16. The molecule has 0 aliphatic carbocycles. The van der Waals surface area contributed by atoms with Gasteiger partial charge in [0, 0.05) is 0 Å². The van der Waals surface area contributed by atoms with E-state index in [9.17, 15) is 9.18 Å². The van der Waals surface area contributed by atoms with Crippen LogP contribution in [-0.4, -0.2) is 12.7 Å². The number of halogens is 1.